The molecule has 0 bridgehead atoms. The number of nitrogen functional groups attached to an aromatic ring is 1. The van der Waals surface area contributed by atoms with E-state index < -0.39 is 19.9 Å². The first-order valence-electron chi connectivity index (χ1n) is 6.06. The van der Waals surface area contributed by atoms with Crippen LogP contribution in [0.1, 0.15) is 6.42 Å². The molecule has 0 amide bonds. The maximum absolute atomic E-state index is 12.2. The van der Waals surface area contributed by atoms with E-state index in [0.29, 0.717) is 6.42 Å². The minimum atomic E-state index is -3.87. The number of hydrogen-bond acceptors (Lipinski definition) is 5. The van der Waals surface area contributed by atoms with Crippen molar-refractivity contribution in [3.8, 4) is 0 Å². The molecule has 1 fully saturated rings. The third-order valence-corrected chi connectivity index (χ3v) is 7.42. The molecular weight excluding hydrogens is 359 g/mol. The zero-order chi connectivity index (χ0) is 15.8. The summed E-state index contributed by atoms with van der Waals surface area (Å²) in [6.07, 6.45) is 0.446. The fourth-order valence-corrected chi connectivity index (χ4v) is 5.84. The van der Waals surface area contributed by atoms with Crippen molar-refractivity contribution in [1.82, 2.24) is 4.72 Å². The molecule has 0 aromatic heterocycles. The van der Waals surface area contributed by atoms with Crippen LogP contribution in [-0.2, 0) is 19.9 Å². The minimum absolute atomic E-state index is 0.00793. The Bertz CT molecular complexity index is 763. The van der Waals surface area contributed by atoms with Gasteiger partial charge >= 0.3 is 0 Å². The molecule has 1 aliphatic rings. The van der Waals surface area contributed by atoms with E-state index in [2.05, 4.69) is 4.72 Å². The first-order valence-corrected chi connectivity index (χ1v) is 10.1. The number of halogens is 2. The highest BCUT2D eigenvalue weighted by Crippen LogP contribution is 2.33. The van der Waals surface area contributed by atoms with Crippen molar-refractivity contribution >= 4 is 48.7 Å². The number of anilines is 1. The Kier molecular flexibility index (Phi) is 4.75. The van der Waals surface area contributed by atoms with Crippen molar-refractivity contribution < 1.29 is 16.8 Å². The predicted octanol–water partition coefficient (Wildman–Crippen LogP) is 1.29. The number of nitrogens with one attached hydrogen (secondary N) is 1. The van der Waals surface area contributed by atoms with E-state index in [-0.39, 0.29) is 44.6 Å². The zero-order valence-corrected chi connectivity index (χ0v) is 14.0. The number of sulfonamides is 1. The number of benzene rings is 1. The van der Waals surface area contributed by atoms with Crippen molar-refractivity contribution in [3.05, 3.63) is 22.2 Å². The van der Waals surface area contributed by atoms with Gasteiger partial charge in [-0.25, -0.2) is 21.6 Å². The monoisotopic (exact) mass is 372 g/mol. The fraction of sp³-hybridized carbons (Fsp3) is 0.455. The molecule has 6 nitrogen and oxygen atoms in total. The second-order valence-electron chi connectivity index (χ2n) is 4.89. The van der Waals surface area contributed by atoms with Gasteiger partial charge < -0.3 is 5.73 Å². The molecule has 1 aromatic rings. The second-order valence-corrected chi connectivity index (χ2v) is 9.64. The first kappa shape index (κ1) is 16.8. The lowest BCUT2D eigenvalue weighted by molar-refractivity contribution is 0.543. The van der Waals surface area contributed by atoms with E-state index in [9.17, 15) is 16.8 Å². The summed E-state index contributed by atoms with van der Waals surface area (Å²) in [6.45, 7) is 0.0421. The van der Waals surface area contributed by atoms with Crippen LogP contribution in [0.15, 0.2) is 17.0 Å². The Labute approximate surface area is 133 Å². The largest absolute Gasteiger partial charge is 0.396 e. The van der Waals surface area contributed by atoms with E-state index in [1.165, 1.54) is 12.1 Å². The molecule has 1 aliphatic heterocycles. The van der Waals surface area contributed by atoms with Crippen LogP contribution >= 0.6 is 23.2 Å². The molecule has 3 N–H and O–H groups in total. The van der Waals surface area contributed by atoms with Gasteiger partial charge in [0.2, 0.25) is 10.0 Å². The summed E-state index contributed by atoms with van der Waals surface area (Å²) in [5.74, 6) is -0.145. The molecule has 0 spiro atoms. The van der Waals surface area contributed by atoms with Gasteiger partial charge in [0.15, 0.2) is 9.84 Å². The lowest BCUT2D eigenvalue weighted by Gasteiger charge is -2.12. The van der Waals surface area contributed by atoms with Crippen molar-refractivity contribution in [2.24, 2.45) is 5.92 Å². The van der Waals surface area contributed by atoms with Crippen molar-refractivity contribution in [3.63, 3.8) is 0 Å². The third kappa shape index (κ3) is 3.81. The number of nitrogens with two attached hydrogens (primary N) is 1. The number of sulfone groups is 1. The molecule has 1 aromatic carbocycles. The SMILES string of the molecule is Nc1c(Cl)ccc(S(=O)(=O)NCC2CCS(=O)(=O)C2)c1Cl. The zero-order valence-electron chi connectivity index (χ0n) is 10.8. The molecule has 1 atom stereocenters. The quantitative estimate of drug-likeness (QED) is 0.774. The van der Waals surface area contributed by atoms with Crippen LogP contribution in [-0.4, -0.2) is 34.9 Å². The van der Waals surface area contributed by atoms with E-state index in [1.54, 1.807) is 0 Å². The summed E-state index contributed by atoms with van der Waals surface area (Å²) < 4.78 is 49.4. The molecule has 10 heteroatoms. The molecule has 118 valence electrons. The molecule has 1 saturated heterocycles. The van der Waals surface area contributed by atoms with Gasteiger partial charge in [-0.15, -0.1) is 0 Å². The van der Waals surface area contributed by atoms with Crippen LogP contribution in [0.4, 0.5) is 5.69 Å². The van der Waals surface area contributed by atoms with Crippen molar-refractivity contribution in [2.45, 2.75) is 11.3 Å². The van der Waals surface area contributed by atoms with Gasteiger partial charge in [-0.05, 0) is 24.5 Å². The Balaban J connectivity index is 2.15. The average Bonchev–Trinajstić information content (AvgIpc) is 2.73. The van der Waals surface area contributed by atoms with Crippen LogP contribution in [0.3, 0.4) is 0 Å². The molecule has 0 radical (unpaired) electrons. The molecule has 0 aliphatic carbocycles. The van der Waals surface area contributed by atoms with Gasteiger partial charge in [0.05, 0.1) is 27.2 Å². The van der Waals surface area contributed by atoms with Gasteiger partial charge in [-0.3, -0.25) is 0 Å². The smallest absolute Gasteiger partial charge is 0.242 e. The second kappa shape index (κ2) is 5.92. The van der Waals surface area contributed by atoms with Gasteiger partial charge in [-0.2, -0.15) is 0 Å². The summed E-state index contributed by atoms with van der Waals surface area (Å²) in [4.78, 5) is -0.174. The van der Waals surface area contributed by atoms with Crippen LogP contribution in [0.5, 0.6) is 0 Å². The van der Waals surface area contributed by atoms with Crippen molar-refractivity contribution in [1.29, 1.82) is 0 Å². The van der Waals surface area contributed by atoms with E-state index >= 15 is 0 Å². The Morgan fingerprint density at radius 2 is 2.00 bits per heavy atom. The summed E-state index contributed by atoms with van der Waals surface area (Å²) in [5.41, 5.74) is 5.59. The predicted molar refractivity (Wildman–Crippen MR) is 82.8 cm³/mol. The van der Waals surface area contributed by atoms with E-state index in [1.807, 2.05) is 0 Å². The summed E-state index contributed by atoms with van der Waals surface area (Å²) >= 11 is 11.7. The molecule has 2 rings (SSSR count). The van der Waals surface area contributed by atoms with Crippen LogP contribution in [0.25, 0.3) is 0 Å². The molecular formula is C11H14Cl2N2O4S2. The van der Waals surface area contributed by atoms with Gasteiger partial charge in [0.1, 0.15) is 4.90 Å². The lowest BCUT2D eigenvalue weighted by Crippen LogP contribution is -2.30. The normalized spacial score (nSPS) is 21.5. The Morgan fingerprint density at radius 1 is 1.33 bits per heavy atom. The standard InChI is InChI=1S/C11H14Cl2N2O4S2/c12-8-1-2-9(10(13)11(8)14)21(18,19)15-5-7-3-4-20(16,17)6-7/h1-2,7,15H,3-6,14H2. The third-order valence-electron chi connectivity index (χ3n) is 3.27. The summed E-state index contributed by atoms with van der Waals surface area (Å²) in [7, 11) is -6.92. The van der Waals surface area contributed by atoms with Gasteiger partial charge in [-0.1, -0.05) is 23.2 Å². The van der Waals surface area contributed by atoms with E-state index in [4.69, 9.17) is 28.9 Å². The molecule has 1 heterocycles. The summed E-state index contributed by atoms with van der Waals surface area (Å²) in [6, 6.07) is 2.60. The topological polar surface area (TPSA) is 106 Å². The molecule has 0 saturated carbocycles. The van der Waals surface area contributed by atoms with Crippen LogP contribution in [0, 0.1) is 5.92 Å². The summed E-state index contributed by atoms with van der Waals surface area (Å²) in [5, 5.41) is 0.0230. The average molecular weight is 373 g/mol. The van der Waals surface area contributed by atoms with Gasteiger partial charge in [0, 0.05) is 6.54 Å². The van der Waals surface area contributed by atoms with Crippen LogP contribution in [0.2, 0.25) is 10.0 Å². The first-order chi connectivity index (χ1) is 9.62. The number of rotatable bonds is 4. The molecule has 1 unspecified atom stereocenters. The highest BCUT2D eigenvalue weighted by atomic mass is 35.5. The van der Waals surface area contributed by atoms with Crippen molar-refractivity contribution in [2.75, 3.05) is 23.8 Å². The molecule has 21 heavy (non-hydrogen) atoms. The Morgan fingerprint density at radius 3 is 2.57 bits per heavy atom. The Hall–Kier alpha value is -0.540. The maximum atomic E-state index is 12.2. The lowest BCUT2D eigenvalue weighted by atomic mass is 10.1. The van der Waals surface area contributed by atoms with Crippen LogP contribution < -0.4 is 10.5 Å². The highest BCUT2D eigenvalue weighted by molar-refractivity contribution is 7.91. The maximum Gasteiger partial charge on any atom is 0.242 e. The highest BCUT2D eigenvalue weighted by Gasteiger charge is 2.29. The van der Waals surface area contributed by atoms with Gasteiger partial charge in [0.25, 0.3) is 0 Å². The van der Waals surface area contributed by atoms with E-state index in [0.717, 1.165) is 0 Å². The minimum Gasteiger partial charge on any atom is -0.396 e. The number of hydrogen-bond donors (Lipinski definition) is 2. The fourth-order valence-electron chi connectivity index (χ4n) is 2.10.